The van der Waals surface area contributed by atoms with Gasteiger partial charge < -0.3 is 10.4 Å². The maximum Gasteiger partial charge on any atom is 0.220 e. The lowest BCUT2D eigenvalue weighted by atomic mass is 9.86. The van der Waals surface area contributed by atoms with E-state index in [-0.39, 0.29) is 5.91 Å². The van der Waals surface area contributed by atoms with E-state index in [0.717, 1.165) is 17.4 Å². The number of amides is 1. The van der Waals surface area contributed by atoms with Gasteiger partial charge >= 0.3 is 0 Å². The minimum absolute atomic E-state index is 0.0949. The number of carbonyl (C=O) groups is 1. The maximum atomic E-state index is 12.0. The molecule has 2 saturated carbocycles. The molecule has 0 unspecified atom stereocenters. The van der Waals surface area contributed by atoms with Crippen molar-refractivity contribution in [1.29, 1.82) is 0 Å². The molecule has 1 amide bonds. The zero-order valence-corrected chi connectivity index (χ0v) is 11.8. The zero-order chi connectivity index (χ0) is 13.9. The van der Waals surface area contributed by atoms with Crippen LogP contribution in [-0.4, -0.2) is 17.6 Å². The van der Waals surface area contributed by atoms with Gasteiger partial charge in [-0.05, 0) is 42.6 Å². The summed E-state index contributed by atoms with van der Waals surface area (Å²) < 4.78 is 0. The molecule has 0 aliphatic heterocycles. The van der Waals surface area contributed by atoms with Crippen molar-refractivity contribution in [2.45, 2.75) is 38.2 Å². The molecule has 1 aromatic rings. The van der Waals surface area contributed by atoms with E-state index in [0.29, 0.717) is 18.9 Å². The average molecular weight is 273 g/mol. The van der Waals surface area contributed by atoms with Crippen LogP contribution in [0.3, 0.4) is 0 Å². The normalized spacial score (nSPS) is 29.4. The van der Waals surface area contributed by atoms with E-state index >= 15 is 0 Å². The number of carbonyl (C=O) groups excluding carboxylic acids is 1. The Morgan fingerprint density at radius 3 is 2.70 bits per heavy atom. The molecule has 2 aliphatic carbocycles. The molecule has 108 valence electrons. The summed E-state index contributed by atoms with van der Waals surface area (Å²) >= 11 is 0. The standard InChI is InChI=1S/C17H23NO2/c19-16(13-4-2-1-3-5-13)11-18-17(20)10-15-9-12-6-7-14(15)8-12/h1-5,12,14-16,19H,6-11H2,(H,18,20)/t12-,14-,15-,16-/m0/s1. The van der Waals surface area contributed by atoms with Gasteiger partial charge in [-0.25, -0.2) is 0 Å². The molecule has 3 heteroatoms. The lowest BCUT2D eigenvalue weighted by Gasteiger charge is -2.21. The van der Waals surface area contributed by atoms with Crippen LogP contribution < -0.4 is 5.32 Å². The number of aliphatic hydroxyl groups excluding tert-OH is 1. The Bertz CT molecular complexity index is 459. The number of hydrogen-bond acceptors (Lipinski definition) is 2. The highest BCUT2D eigenvalue weighted by Gasteiger charge is 2.40. The molecular weight excluding hydrogens is 250 g/mol. The molecule has 0 radical (unpaired) electrons. The average Bonchev–Trinajstić information content (AvgIpc) is 3.08. The van der Waals surface area contributed by atoms with Crippen LogP contribution in [0.2, 0.25) is 0 Å². The Balaban J connectivity index is 1.43. The van der Waals surface area contributed by atoms with E-state index < -0.39 is 6.10 Å². The van der Waals surface area contributed by atoms with Gasteiger partial charge in [-0.1, -0.05) is 36.8 Å². The first-order chi connectivity index (χ1) is 9.72. The summed E-state index contributed by atoms with van der Waals surface area (Å²) in [5.74, 6) is 2.35. The van der Waals surface area contributed by atoms with E-state index in [1.165, 1.54) is 25.7 Å². The number of benzene rings is 1. The highest BCUT2D eigenvalue weighted by Crippen LogP contribution is 2.49. The van der Waals surface area contributed by atoms with Crippen LogP contribution >= 0.6 is 0 Å². The van der Waals surface area contributed by atoms with Crippen LogP contribution in [0.5, 0.6) is 0 Å². The Kier molecular flexibility index (Phi) is 4.06. The second-order valence-corrected chi connectivity index (χ2v) is 6.37. The van der Waals surface area contributed by atoms with Crippen molar-refractivity contribution in [3.05, 3.63) is 35.9 Å². The molecule has 3 rings (SSSR count). The summed E-state index contributed by atoms with van der Waals surface area (Å²) in [4.78, 5) is 12.0. The molecular formula is C17H23NO2. The molecule has 0 aromatic heterocycles. The van der Waals surface area contributed by atoms with E-state index in [4.69, 9.17) is 0 Å². The topological polar surface area (TPSA) is 49.3 Å². The van der Waals surface area contributed by atoms with Crippen molar-refractivity contribution in [2.24, 2.45) is 17.8 Å². The van der Waals surface area contributed by atoms with Crippen molar-refractivity contribution in [3.63, 3.8) is 0 Å². The molecule has 20 heavy (non-hydrogen) atoms. The summed E-state index contributed by atoms with van der Waals surface area (Å²) in [7, 11) is 0. The van der Waals surface area contributed by atoms with Gasteiger partial charge in [-0.3, -0.25) is 4.79 Å². The van der Waals surface area contributed by atoms with Crippen LogP contribution in [0.1, 0.15) is 43.8 Å². The molecule has 2 bridgehead atoms. The zero-order valence-electron chi connectivity index (χ0n) is 11.8. The molecule has 0 spiro atoms. The minimum atomic E-state index is -0.611. The van der Waals surface area contributed by atoms with Gasteiger partial charge in [0.1, 0.15) is 0 Å². The third-order valence-electron chi connectivity index (χ3n) is 5.01. The summed E-state index contributed by atoms with van der Waals surface area (Å²) in [6, 6.07) is 9.48. The van der Waals surface area contributed by atoms with Gasteiger partial charge in [0.15, 0.2) is 0 Å². The lowest BCUT2D eigenvalue weighted by molar-refractivity contribution is -0.122. The summed E-state index contributed by atoms with van der Waals surface area (Å²) in [6.07, 6.45) is 5.29. The molecule has 0 saturated heterocycles. The number of aliphatic hydroxyl groups is 1. The van der Waals surface area contributed by atoms with Gasteiger partial charge in [-0.2, -0.15) is 0 Å². The van der Waals surface area contributed by atoms with Crippen LogP contribution in [-0.2, 0) is 4.79 Å². The second-order valence-electron chi connectivity index (χ2n) is 6.37. The largest absolute Gasteiger partial charge is 0.387 e. The molecule has 1 aromatic carbocycles. The second kappa shape index (κ2) is 5.96. The van der Waals surface area contributed by atoms with Crippen LogP contribution in [0.4, 0.5) is 0 Å². The van der Waals surface area contributed by atoms with Gasteiger partial charge in [0.2, 0.25) is 5.91 Å². The quantitative estimate of drug-likeness (QED) is 0.866. The fourth-order valence-electron chi connectivity index (χ4n) is 3.94. The fourth-order valence-corrected chi connectivity index (χ4v) is 3.94. The Hall–Kier alpha value is -1.35. The maximum absolute atomic E-state index is 12.0. The third-order valence-corrected chi connectivity index (χ3v) is 5.01. The minimum Gasteiger partial charge on any atom is -0.387 e. The number of nitrogens with one attached hydrogen (secondary N) is 1. The Morgan fingerprint density at radius 2 is 2.05 bits per heavy atom. The molecule has 0 heterocycles. The summed E-state index contributed by atoms with van der Waals surface area (Å²) in [5, 5.41) is 12.9. The summed E-state index contributed by atoms with van der Waals surface area (Å²) in [6.45, 7) is 0.309. The summed E-state index contributed by atoms with van der Waals surface area (Å²) in [5.41, 5.74) is 0.854. The third kappa shape index (κ3) is 3.04. The van der Waals surface area contributed by atoms with Crippen LogP contribution in [0.15, 0.2) is 30.3 Å². The monoisotopic (exact) mass is 273 g/mol. The number of fused-ring (bicyclic) bond motifs is 2. The Morgan fingerprint density at radius 1 is 1.25 bits per heavy atom. The van der Waals surface area contributed by atoms with Crippen molar-refractivity contribution >= 4 is 5.91 Å². The molecule has 2 N–H and O–H groups in total. The van der Waals surface area contributed by atoms with E-state index in [1.54, 1.807) is 0 Å². The molecule has 2 aliphatic rings. The number of hydrogen-bond donors (Lipinski definition) is 2. The Labute approximate surface area is 120 Å². The SMILES string of the molecule is O=C(C[C@@H]1C[C@H]2CC[C@H]1C2)NC[C@H](O)c1ccccc1. The van der Waals surface area contributed by atoms with Crippen molar-refractivity contribution < 1.29 is 9.90 Å². The van der Waals surface area contributed by atoms with Crippen molar-refractivity contribution in [3.8, 4) is 0 Å². The van der Waals surface area contributed by atoms with Crippen molar-refractivity contribution in [1.82, 2.24) is 5.32 Å². The molecule has 2 fully saturated rings. The lowest BCUT2D eigenvalue weighted by Crippen LogP contribution is -2.30. The highest BCUT2D eigenvalue weighted by atomic mass is 16.3. The first-order valence-electron chi connectivity index (χ1n) is 7.72. The molecule has 3 nitrogen and oxygen atoms in total. The molecule has 4 atom stereocenters. The fraction of sp³-hybridized carbons (Fsp3) is 0.588. The smallest absolute Gasteiger partial charge is 0.220 e. The first kappa shape index (κ1) is 13.6. The highest BCUT2D eigenvalue weighted by molar-refractivity contribution is 5.76. The van der Waals surface area contributed by atoms with E-state index in [2.05, 4.69) is 5.32 Å². The van der Waals surface area contributed by atoms with Crippen LogP contribution in [0.25, 0.3) is 0 Å². The van der Waals surface area contributed by atoms with Crippen molar-refractivity contribution in [2.75, 3.05) is 6.54 Å². The van der Waals surface area contributed by atoms with Gasteiger partial charge in [-0.15, -0.1) is 0 Å². The van der Waals surface area contributed by atoms with Gasteiger partial charge in [0, 0.05) is 13.0 Å². The van der Waals surface area contributed by atoms with E-state index in [1.807, 2.05) is 30.3 Å². The van der Waals surface area contributed by atoms with Gasteiger partial charge in [0.05, 0.1) is 6.10 Å². The van der Waals surface area contributed by atoms with Gasteiger partial charge in [0.25, 0.3) is 0 Å². The predicted octanol–water partition coefficient (Wildman–Crippen LogP) is 2.66. The van der Waals surface area contributed by atoms with E-state index in [9.17, 15) is 9.90 Å². The first-order valence-corrected chi connectivity index (χ1v) is 7.72. The van der Waals surface area contributed by atoms with Crippen LogP contribution in [0, 0.1) is 17.8 Å². The predicted molar refractivity (Wildman–Crippen MR) is 78.0 cm³/mol. The number of rotatable bonds is 5.